The molecule has 0 saturated carbocycles. The molecular formula is C12H11N3O3. The van der Waals surface area contributed by atoms with Crippen molar-refractivity contribution in [3.63, 3.8) is 0 Å². The summed E-state index contributed by atoms with van der Waals surface area (Å²) in [5.41, 5.74) is 0.0271. The molecule has 0 amide bonds. The third kappa shape index (κ3) is 2.73. The van der Waals surface area contributed by atoms with Gasteiger partial charge in [-0.25, -0.2) is 0 Å². The Balaban J connectivity index is 2.15. The van der Waals surface area contributed by atoms with E-state index in [1.807, 2.05) is 6.07 Å². The van der Waals surface area contributed by atoms with Gasteiger partial charge in [0, 0.05) is 25.2 Å². The summed E-state index contributed by atoms with van der Waals surface area (Å²) in [6.45, 7) is 0. The van der Waals surface area contributed by atoms with Crippen molar-refractivity contribution >= 4 is 11.5 Å². The Morgan fingerprint density at radius 1 is 1.22 bits per heavy atom. The minimum atomic E-state index is -0.455. The molecule has 2 aromatic rings. The molecule has 6 nitrogen and oxygen atoms in total. The fraction of sp³-hybridized carbons (Fsp3) is 0.0833. The minimum absolute atomic E-state index is 0.0271. The second kappa shape index (κ2) is 5.13. The van der Waals surface area contributed by atoms with Gasteiger partial charge in [0.15, 0.2) is 0 Å². The number of nitrogens with one attached hydrogen (secondary N) is 1. The number of benzene rings is 1. The summed E-state index contributed by atoms with van der Waals surface area (Å²) in [4.78, 5) is 14.2. The molecule has 1 aromatic carbocycles. The molecule has 2 rings (SSSR count). The van der Waals surface area contributed by atoms with Gasteiger partial charge in [0.25, 0.3) is 5.69 Å². The maximum atomic E-state index is 10.5. The van der Waals surface area contributed by atoms with Crippen LogP contribution in [0.5, 0.6) is 11.6 Å². The second-order valence-corrected chi connectivity index (χ2v) is 3.46. The van der Waals surface area contributed by atoms with Crippen molar-refractivity contribution in [1.82, 2.24) is 4.98 Å². The zero-order valence-electron chi connectivity index (χ0n) is 9.66. The SMILES string of the molecule is CNc1cccc(Oc2ccc([N+](=O)[O-])cc2)n1. The molecular weight excluding hydrogens is 234 g/mol. The van der Waals surface area contributed by atoms with Gasteiger partial charge in [-0.15, -0.1) is 0 Å². The van der Waals surface area contributed by atoms with Gasteiger partial charge < -0.3 is 10.1 Å². The normalized spacial score (nSPS) is 9.83. The van der Waals surface area contributed by atoms with Crippen LogP contribution in [0.4, 0.5) is 11.5 Å². The number of aromatic nitrogens is 1. The maximum Gasteiger partial charge on any atom is 0.269 e. The molecule has 1 heterocycles. The molecule has 0 aliphatic carbocycles. The van der Waals surface area contributed by atoms with Crippen molar-refractivity contribution in [1.29, 1.82) is 0 Å². The topological polar surface area (TPSA) is 77.3 Å². The second-order valence-electron chi connectivity index (χ2n) is 3.46. The Labute approximate surface area is 103 Å². The Hall–Kier alpha value is -2.63. The van der Waals surface area contributed by atoms with Gasteiger partial charge in [-0.05, 0) is 18.2 Å². The Kier molecular flexibility index (Phi) is 3.38. The molecule has 0 saturated heterocycles. The highest BCUT2D eigenvalue weighted by Gasteiger charge is 2.05. The van der Waals surface area contributed by atoms with Gasteiger partial charge in [0.05, 0.1) is 4.92 Å². The third-order valence-corrected chi connectivity index (χ3v) is 2.25. The lowest BCUT2D eigenvalue weighted by Gasteiger charge is -2.05. The molecule has 0 aliphatic rings. The number of nitro benzene ring substituents is 1. The number of nitrogens with zero attached hydrogens (tertiary/aromatic N) is 2. The molecule has 1 aromatic heterocycles. The van der Waals surface area contributed by atoms with Gasteiger partial charge in [0.1, 0.15) is 11.6 Å². The van der Waals surface area contributed by atoms with Crippen LogP contribution < -0.4 is 10.1 Å². The number of rotatable bonds is 4. The first-order valence-corrected chi connectivity index (χ1v) is 5.26. The molecule has 1 N–H and O–H groups in total. The van der Waals surface area contributed by atoms with Crippen molar-refractivity contribution in [2.24, 2.45) is 0 Å². The lowest BCUT2D eigenvalue weighted by molar-refractivity contribution is -0.384. The summed E-state index contributed by atoms with van der Waals surface area (Å²) in [5, 5.41) is 13.4. The van der Waals surface area contributed by atoms with Gasteiger partial charge in [-0.3, -0.25) is 10.1 Å². The summed E-state index contributed by atoms with van der Waals surface area (Å²) in [6.07, 6.45) is 0. The summed E-state index contributed by atoms with van der Waals surface area (Å²) in [6, 6.07) is 11.2. The molecule has 0 radical (unpaired) electrons. The molecule has 0 unspecified atom stereocenters. The fourth-order valence-corrected chi connectivity index (χ4v) is 1.37. The highest BCUT2D eigenvalue weighted by molar-refractivity contribution is 5.40. The van der Waals surface area contributed by atoms with E-state index in [1.54, 1.807) is 19.2 Å². The van der Waals surface area contributed by atoms with Crippen molar-refractivity contribution < 1.29 is 9.66 Å². The zero-order valence-corrected chi connectivity index (χ0v) is 9.66. The summed E-state index contributed by atoms with van der Waals surface area (Å²) >= 11 is 0. The fourth-order valence-electron chi connectivity index (χ4n) is 1.37. The van der Waals surface area contributed by atoms with E-state index in [0.29, 0.717) is 17.4 Å². The number of ether oxygens (including phenoxy) is 1. The van der Waals surface area contributed by atoms with Crippen LogP contribution in [0.25, 0.3) is 0 Å². The van der Waals surface area contributed by atoms with Gasteiger partial charge >= 0.3 is 0 Å². The van der Waals surface area contributed by atoms with Gasteiger partial charge in [-0.1, -0.05) is 6.07 Å². The number of hydrogen-bond donors (Lipinski definition) is 1. The number of nitro groups is 1. The number of anilines is 1. The van der Waals surface area contributed by atoms with Crippen LogP contribution in [0.15, 0.2) is 42.5 Å². The largest absolute Gasteiger partial charge is 0.439 e. The average molecular weight is 245 g/mol. The van der Waals surface area contributed by atoms with Crippen LogP contribution in [-0.4, -0.2) is 17.0 Å². The minimum Gasteiger partial charge on any atom is -0.439 e. The lowest BCUT2D eigenvalue weighted by Crippen LogP contribution is -1.94. The molecule has 6 heteroatoms. The summed E-state index contributed by atoms with van der Waals surface area (Å²) < 4.78 is 5.48. The van der Waals surface area contributed by atoms with Crippen LogP contribution in [0.1, 0.15) is 0 Å². The Bertz CT molecular complexity index is 555. The van der Waals surface area contributed by atoms with Crippen molar-refractivity contribution in [2.45, 2.75) is 0 Å². The molecule has 0 spiro atoms. The van der Waals surface area contributed by atoms with Gasteiger partial charge in [-0.2, -0.15) is 4.98 Å². The first kappa shape index (κ1) is 11.8. The molecule has 0 fully saturated rings. The Morgan fingerprint density at radius 3 is 2.56 bits per heavy atom. The molecule has 92 valence electrons. The van der Waals surface area contributed by atoms with Crippen LogP contribution >= 0.6 is 0 Å². The highest BCUT2D eigenvalue weighted by atomic mass is 16.6. The van der Waals surface area contributed by atoms with Crippen molar-refractivity contribution in [2.75, 3.05) is 12.4 Å². The van der Waals surface area contributed by atoms with E-state index in [-0.39, 0.29) is 5.69 Å². The van der Waals surface area contributed by atoms with E-state index in [1.165, 1.54) is 24.3 Å². The van der Waals surface area contributed by atoms with E-state index in [0.717, 1.165) is 0 Å². The van der Waals surface area contributed by atoms with E-state index in [2.05, 4.69) is 10.3 Å². The highest BCUT2D eigenvalue weighted by Crippen LogP contribution is 2.23. The maximum absolute atomic E-state index is 10.5. The number of non-ortho nitro benzene ring substituents is 1. The van der Waals surface area contributed by atoms with Crippen LogP contribution in [0.3, 0.4) is 0 Å². The molecule has 0 aliphatic heterocycles. The van der Waals surface area contributed by atoms with E-state index in [9.17, 15) is 10.1 Å². The van der Waals surface area contributed by atoms with Crippen LogP contribution in [0, 0.1) is 10.1 Å². The zero-order chi connectivity index (χ0) is 13.0. The predicted octanol–water partition coefficient (Wildman–Crippen LogP) is 2.82. The number of hydrogen-bond acceptors (Lipinski definition) is 5. The summed E-state index contributed by atoms with van der Waals surface area (Å²) in [5.74, 6) is 1.62. The monoisotopic (exact) mass is 245 g/mol. The summed E-state index contributed by atoms with van der Waals surface area (Å²) in [7, 11) is 1.76. The standard InChI is InChI=1S/C12H11N3O3/c1-13-11-3-2-4-12(14-11)18-10-7-5-9(6-8-10)15(16)17/h2-8H,1H3,(H,13,14). The van der Waals surface area contributed by atoms with E-state index >= 15 is 0 Å². The Morgan fingerprint density at radius 2 is 1.94 bits per heavy atom. The van der Waals surface area contributed by atoms with Gasteiger partial charge in [0.2, 0.25) is 5.88 Å². The third-order valence-electron chi connectivity index (χ3n) is 2.25. The van der Waals surface area contributed by atoms with Crippen LogP contribution in [0.2, 0.25) is 0 Å². The number of pyridine rings is 1. The smallest absolute Gasteiger partial charge is 0.269 e. The quantitative estimate of drug-likeness (QED) is 0.662. The van der Waals surface area contributed by atoms with E-state index < -0.39 is 4.92 Å². The van der Waals surface area contributed by atoms with E-state index in [4.69, 9.17) is 4.74 Å². The lowest BCUT2D eigenvalue weighted by atomic mass is 10.3. The molecule has 18 heavy (non-hydrogen) atoms. The van der Waals surface area contributed by atoms with Crippen molar-refractivity contribution in [3.8, 4) is 11.6 Å². The first-order valence-electron chi connectivity index (χ1n) is 5.26. The predicted molar refractivity (Wildman–Crippen MR) is 67.0 cm³/mol. The average Bonchev–Trinajstić information content (AvgIpc) is 2.39. The van der Waals surface area contributed by atoms with Crippen LogP contribution in [-0.2, 0) is 0 Å². The first-order chi connectivity index (χ1) is 8.69. The molecule has 0 atom stereocenters. The molecule has 0 bridgehead atoms. The van der Waals surface area contributed by atoms with Crippen molar-refractivity contribution in [3.05, 3.63) is 52.6 Å².